The molecule has 0 amide bonds. The predicted octanol–water partition coefficient (Wildman–Crippen LogP) is 2.42. The van der Waals surface area contributed by atoms with Gasteiger partial charge in [0.25, 0.3) is 0 Å². The fourth-order valence-electron chi connectivity index (χ4n) is 1.87. The molecule has 3 heteroatoms. The van der Waals surface area contributed by atoms with Gasteiger partial charge in [0.05, 0.1) is 5.69 Å². The average molecular weight is 211 g/mol. The molecule has 0 aromatic carbocycles. The number of likely N-dealkylation sites (tertiary alicyclic amines) is 1. The van der Waals surface area contributed by atoms with Gasteiger partial charge in [-0.25, -0.2) is 0 Å². The van der Waals surface area contributed by atoms with Crippen molar-refractivity contribution in [3.63, 3.8) is 0 Å². The lowest BCUT2D eigenvalue weighted by molar-refractivity contribution is 0.327. The maximum absolute atomic E-state index is 5.77. The van der Waals surface area contributed by atoms with Gasteiger partial charge in [-0.3, -0.25) is 9.88 Å². The van der Waals surface area contributed by atoms with Crippen LogP contribution in [0.3, 0.4) is 0 Å². The lowest BCUT2D eigenvalue weighted by Gasteiger charge is -2.13. The first-order valence-electron chi connectivity index (χ1n) is 5.10. The van der Waals surface area contributed by atoms with E-state index in [4.69, 9.17) is 11.6 Å². The highest BCUT2D eigenvalue weighted by Gasteiger charge is 2.12. The highest BCUT2D eigenvalue weighted by Crippen LogP contribution is 2.12. The molecule has 14 heavy (non-hydrogen) atoms. The van der Waals surface area contributed by atoms with Crippen LogP contribution in [0, 0.1) is 0 Å². The lowest BCUT2D eigenvalue weighted by Crippen LogP contribution is -2.19. The van der Waals surface area contributed by atoms with Gasteiger partial charge < -0.3 is 0 Å². The summed E-state index contributed by atoms with van der Waals surface area (Å²) in [6.45, 7) is 3.41. The van der Waals surface area contributed by atoms with E-state index in [-0.39, 0.29) is 0 Å². The number of hydrogen-bond acceptors (Lipinski definition) is 2. The first-order valence-corrected chi connectivity index (χ1v) is 5.64. The zero-order valence-corrected chi connectivity index (χ0v) is 9.00. The van der Waals surface area contributed by atoms with Gasteiger partial charge in [0, 0.05) is 18.6 Å². The highest BCUT2D eigenvalue weighted by atomic mass is 35.5. The van der Waals surface area contributed by atoms with Crippen LogP contribution in [-0.4, -0.2) is 23.0 Å². The average Bonchev–Trinajstić information content (AvgIpc) is 2.71. The number of aromatic nitrogens is 1. The zero-order chi connectivity index (χ0) is 9.80. The highest BCUT2D eigenvalue weighted by molar-refractivity contribution is 6.17. The summed E-state index contributed by atoms with van der Waals surface area (Å²) in [6.07, 6.45) is 4.51. The molecule has 0 bridgehead atoms. The third-order valence-corrected chi connectivity index (χ3v) is 2.93. The van der Waals surface area contributed by atoms with Crippen LogP contribution >= 0.6 is 11.6 Å². The van der Waals surface area contributed by atoms with Gasteiger partial charge in [0.2, 0.25) is 0 Å². The summed E-state index contributed by atoms with van der Waals surface area (Å²) in [6, 6.07) is 4.08. The van der Waals surface area contributed by atoms with Crippen molar-refractivity contribution in [3.05, 3.63) is 29.6 Å². The van der Waals surface area contributed by atoms with Crippen LogP contribution in [0.5, 0.6) is 0 Å². The second-order valence-electron chi connectivity index (χ2n) is 3.77. The molecule has 0 N–H and O–H groups in total. The molecule has 1 aromatic heterocycles. The Balaban J connectivity index is 2.00. The predicted molar refractivity (Wildman–Crippen MR) is 58.3 cm³/mol. The first-order chi connectivity index (χ1) is 6.88. The molecule has 2 rings (SSSR count). The van der Waals surface area contributed by atoms with E-state index in [0.29, 0.717) is 5.88 Å². The Bertz CT molecular complexity index is 295. The number of hydrogen-bond donors (Lipinski definition) is 0. The van der Waals surface area contributed by atoms with E-state index < -0.39 is 0 Å². The van der Waals surface area contributed by atoms with Crippen molar-refractivity contribution in [1.29, 1.82) is 0 Å². The second kappa shape index (κ2) is 4.76. The van der Waals surface area contributed by atoms with Gasteiger partial charge in [0.15, 0.2) is 0 Å². The molecule has 0 spiro atoms. The van der Waals surface area contributed by atoms with Crippen molar-refractivity contribution in [2.24, 2.45) is 0 Å². The van der Waals surface area contributed by atoms with Crippen LogP contribution in [0.1, 0.15) is 24.1 Å². The van der Waals surface area contributed by atoms with E-state index in [2.05, 4.69) is 16.0 Å². The molecule has 1 aliphatic heterocycles. The van der Waals surface area contributed by atoms with Crippen LogP contribution < -0.4 is 0 Å². The molecule has 2 nitrogen and oxygen atoms in total. The Labute approximate surface area is 89.9 Å². The minimum Gasteiger partial charge on any atom is -0.298 e. The Morgan fingerprint density at radius 2 is 2.14 bits per heavy atom. The summed E-state index contributed by atoms with van der Waals surface area (Å²) in [7, 11) is 0. The van der Waals surface area contributed by atoms with Gasteiger partial charge in [-0.1, -0.05) is 0 Å². The minimum atomic E-state index is 0.579. The molecule has 0 atom stereocenters. The molecule has 0 aliphatic carbocycles. The SMILES string of the molecule is ClCc1ccnc(CN2CCCC2)c1. The number of rotatable bonds is 3. The summed E-state index contributed by atoms with van der Waals surface area (Å²) >= 11 is 5.77. The summed E-state index contributed by atoms with van der Waals surface area (Å²) in [4.78, 5) is 6.80. The molecule has 0 saturated carbocycles. The summed E-state index contributed by atoms with van der Waals surface area (Å²) in [5, 5.41) is 0. The third-order valence-electron chi connectivity index (χ3n) is 2.62. The van der Waals surface area contributed by atoms with E-state index in [1.807, 2.05) is 12.3 Å². The Morgan fingerprint density at radius 1 is 1.36 bits per heavy atom. The molecule has 2 heterocycles. The van der Waals surface area contributed by atoms with Crippen LogP contribution in [0.15, 0.2) is 18.3 Å². The van der Waals surface area contributed by atoms with Crippen molar-refractivity contribution in [1.82, 2.24) is 9.88 Å². The first kappa shape index (κ1) is 9.94. The zero-order valence-electron chi connectivity index (χ0n) is 8.25. The quantitative estimate of drug-likeness (QED) is 0.713. The molecule has 1 aliphatic rings. The molecule has 1 aromatic rings. The molecule has 0 radical (unpaired) electrons. The maximum atomic E-state index is 5.77. The number of nitrogens with zero attached hydrogens (tertiary/aromatic N) is 2. The van der Waals surface area contributed by atoms with Crippen LogP contribution in [0.2, 0.25) is 0 Å². The number of alkyl halides is 1. The van der Waals surface area contributed by atoms with Crippen LogP contribution in [0.4, 0.5) is 0 Å². The summed E-state index contributed by atoms with van der Waals surface area (Å²) in [5.41, 5.74) is 2.31. The normalized spacial score (nSPS) is 17.5. The summed E-state index contributed by atoms with van der Waals surface area (Å²) < 4.78 is 0. The van der Waals surface area contributed by atoms with Crippen LogP contribution in [0.25, 0.3) is 0 Å². The summed E-state index contributed by atoms with van der Waals surface area (Å²) in [5.74, 6) is 0.579. The van der Waals surface area contributed by atoms with Crippen molar-refractivity contribution in [2.75, 3.05) is 13.1 Å². The molecular formula is C11H15ClN2. The Morgan fingerprint density at radius 3 is 2.86 bits per heavy atom. The smallest absolute Gasteiger partial charge is 0.0547 e. The van der Waals surface area contributed by atoms with Crippen molar-refractivity contribution in [3.8, 4) is 0 Å². The third kappa shape index (κ3) is 2.46. The molecule has 0 unspecified atom stereocenters. The van der Waals surface area contributed by atoms with E-state index in [9.17, 15) is 0 Å². The maximum Gasteiger partial charge on any atom is 0.0547 e. The number of halogens is 1. The second-order valence-corrected chi connectivity index (χ2v) is 4.04. The van der Waals surface area contributed by atoms with E-state index in [1.54, 1.807) is 0 Å². The van der Waals surface area contributed by atoms with Crippen molar-refractivity contribution in [2.45, 2.75) is 25.3 Å². The topological polar surface area (TPSA) is 16.1 Å². The molecule has 1 fully saturated rings. The van der Waals surface area contributed by atoms with Gasteiger partial charge in [-0.05, 0) is 43.6 Å². The minimum absolute atomic E-state index is 0.579. The van der Waals surface area contributed by atoms with Crippen molar-refractivity contribution >= 4 is 11.6 Å². The molecular weight excluding hydrogens is 196 g/mol. The van der Waals surface area contributed by atoms with E-state index >= 15 is 0 Å². The van der Waals surface area contributed by atoms with Crippen LogP contribution in [-0.2, 0) is 12.4 Å². The molecule has 1 saturated heterocycles. The van der Waals surface area contributed by atoms with Gasteiger partial charge in [-0.15, -0.1) is 11.6 Å². The fourth-order valence-corrected chi connectivity index (χ4v) is 2.03. The van der Waals surface area contributed by atoms with Gasteiger partial charge >= 0.3 is 0 Å². The Kier molecular flexibility index (Phi) is 3.38. The van der Waals surface area contributed by atoms with E-state index in [0.717, 1.165) is 17.8 Å². The van der Waals surface area contributed by atoms with Crippen molar-refractivity contribution < 1.29 is 0 Å². The fraction of sp³-hybridized carbons (Fsp3) is 0.545. The lowest BCUT2D eigenvalue weighted by atomic mass is 10.2. The number of pyridine rings is 1. The monoisotopic (exact) mass is 210 g/mol. The van der Waals surface area contributed by atoms with E-state index in [1.165, 1.54) is 25.9 Å². The van der Waals surface area contributed by atoms with Gasteiger partial charge in [0.1, 0.15) is 0 Å². The largest absolute Gasteiger partial charge is 0.298 e. The van der Waals surface area contributed by atoms with Gasteiger partial charge in [-0.2, -0.15) is 0 Å². The standard InChI is InChI=1S/C11H15ClN2/c12-8-10-3-4-13-11(7-10)9-14-5-1-2-6-14/h3-4,7H,1-2,5-6,8-9H2. The molecule has 76 valence electrons. The Hall–Kier alpha value is -0.600.